The van der Waals surface area contributed by atoms with Gasteiger partial charge in [-0.25, -0.2) is 0 Å². The van der Waals surface area contributed by atoms with E-state index in [1.54, 1.807) is 7.11 Å². The Labute approximate surface area is 108 Å². The fourth-order valence-electron chi connectivity index (χ4n) is 2.12. The second-order valence-electron chi connectivity index (χ2n) is 5.30. The van der Waals surface area contributed by atoms with Crippen LogP contribution in [0.25, 0.3) is 0 Å². The van der Waals surface area contributed by atoms with E-state index in [1.807, 2.05) is 6.92 Å². The maximum atomic E-state index is 10.1. The zero-order chi connectivity index (χ0) is 13.1. The van der Waals surface area contributed by atoms with Crippen molar-refractivity contribution < 1.29 is 9.84 Å². The van der Waals surface area contributed by atoms with Crippen LogP contribution < -0.4 is 0 Å². The van der Waals surface area contributed by atoms with Crippen molar-refractivity contribution in [1.82, 2.24) is 0 Å². The van der Waals surface area contributed by atoms with Gasteiger partial charge >= 0.3 is 0 Å². The number of rotatable bonds is 11. The Morgan fingerprint density at radius 3 is 2.00 bits per heavy atom. The zero-order valence-corrected chi connectivity index (χ0v) is 12.3. The maximum Gasteiger partial charge on any atom is 0.0905 e. The molecule has 2 heteroatoms. The lowest BCUT2D eigenvalue weighted by atomic mass is 9.91. The van der Waals surface area contributed by atoms with Crippen LogP contribution in [0.4, 0.5) is 0 Å². The lowest BCUT2D eigenvalue weighted by Crippen LogP contribution is -2.40. The number of aliphatic hydroxyl groups excluding tert-OH is 1. The molecule has 1 N–H and O–H groups in total. The lowest BCUT2D eigenvalue weighted by Gasteiger charge is -2.32. The van der Waals surface area contributed by atoms with Crippen molar-refractivity contribution >= 4 is 0 Å². The first-order valence-electron chi connectivity index (χ1n) is 7.34. The van der Waals surface area contributed by atoms with E-state index in [0.29, 0.717) is 0 Å². The van der Waals surface area contributed by atoms with E-state index in [-0.39, 0.29) is 11.7 Å². The minimum Gasteiger partial charge on any atom is -0.390 e. The summed E-state index contributed by atoms with van der Waals surface area (Å²) in [5.41, 5.74) is -0.359. The molecular formula is C15H32O2. The zero-order valence-electron chi connectivity index (χ0n) is 12.3. The normalized spacial score (nSPS) is 16.8. The molecule has 0 radical (unpaired) electrons. The van der Waals surface area contributed by atoms with E-state index in [4.69, 9.17) is 4.74 Å². The Bertz CT molecular complexity index is 164. The van der Waals surface area contributed by atoms with E-state index in [1.165, 1.54) is 38.5 Å². The van der Waals surface area contributed by atoms with Crippen molar-refractivity contribution in [3.8, 4) is 0 Å². The van der Waals surface area contributed by atoms with Gasteiger partial charge in [-0.3, -0.25) is 0 Å². The molecule has 0 aromatic rings. The van der Waals surface area contributed by atoms with Crippen LogP contribution in [-0.4, -0.2) is 23.9 Å². The molecule has 0 amide bonds. The highest BCUT2D eigenvalue weighted by molar-refractivity contribution is 4.81. The van der Waals surface area contributed by atoms with E-state index in [2.05, 4.69) is 13.8 Å². The van der Waals surface area contributed by atoms with Gasteiger partial charge in [-0.2, -0.15) is 0 Å². The van der Waals surface area contributed by atoms with Crippen molar-refractivity contribution in [2.45, 2.75) is 90.3 Å². The monoisotopic (exact) mass is 244 g/mol. The van der Waals surface area contributed by atoms with E-state index in [9.17, 15) is 5.11 Å². The van der Waals surface area contributed by atoms with Crippen LogP contribution >= 0.6 is 0 Å². The van der Waals surface area contributed by atoms with Gasteiger partial charge in [0.05, 0.1) is 11.7 Å². The molecule has 0 fully saturated rings. The molecule has 0 aliphatic rings. The topological polar surface area (TPSA) is 29.5 Å². The Balaban J connectivity index is 3.54. The molecule has 0 heterocycles. The predicted molar refractivity (Wildman–Crippen MR) is 74.3 cm³/mol. The standard InChI is InChI=1S/C15H32O2/c1-5-7-8-9-10-11-12-13-14(16)15(3,6-2)17-4/h14,16H,5-13H2,1-4H3. The van der Waals surface area contributed by atoms with E-state index in [0.717, 1.165) is 19.3 Å². The van der Waals surface area contributed by atoms with E-state index < -0.39 is 0 Å². The SMILES string of the molecule is CCCCCCCCCC(O)C(C)(CC)OC. The number of unbranched alkanes of at least 4 members (excludes halogenated alkanes) is 6. The molecule has 0 rings (SSSR count). The lowest BCUT2D eigenvalue weighted by molar-refractivity contribution is -0.0954. The van der Waals surface area contributed by atoms with E-state index >= 15 is 0 Å². The second-order valence-corrected chi connectivity index (χ2v) is 5.30. The predicted octanol–water partition coefficient (Wildman–Crippen LogP) is 4.30. The minimum absolute atomic E-state index is 0.326. The highest BCUT2D eigenvalue weighted by atomic mass is 16.5. The molecule has 0 aromatic heterocycles. The minimum atomic E-state index is -0.359. The summed E-state index contributed by atoms with van der Waals surface area (Å²) >= 11 is 0. The van der Waals surface area contributed by atoms with Gasteiger partial charge < -0.3 is 9.84 Å². The Hall–Kier alpha value is -0.0800. The highest BCUT2D eigenvalue weighted by Gasteiger charge is 2.30. The van der Waals surface area contributed by atoms with Crippen molar-refractivity contribution in [2.75, 3.05) is 7.11 Å². The summed E-state index contributed by atoms with van der Waals surface area (Å²) in [4.78, 5) is 0. The van der Waals surface area contributed by atoms with Crippen LogP contribution in [0, 0.1) is 0 Å². The molecule has 0 aliphatic heterocycles. The molecule has 0 saturated heterocycles. The average molecular weight is 244 g/mol. The van der Waals surface area contributed by atoms with Gasteiger partial charge in [0.2, 0.25) is 0 Å². The quantitative estimate of drug-likeness (QED) is 0.549. The largest absolute Gasteiger partial charge is 0.390 e. The third-order valence-corrected chi connectivity index (χ3v) is 3.95. The van der Waals surface area contributed by atoms with Crippen LogP contribution in [0.2, 0.25) is 0 Å². The number of ether oxygens (including phenoxy) is 1. The van der Waals surface area contributed by atoms with Crippen molar-refractivity contribution in [3.63, 3.8) is 0 Å². The molecule has 17 heavy (non-hydrogen) atoms. The van der Waals surface area contributed by atoms with Crippen LogP contribution in [0.5, 0.6) is 0 Å². The van der Waals surface area contributed by atoms with Gasteiger partial charge in [-0.1, -0.05) is 58.8 Å². The summed E-state index contributed by atoms with van der Waals surface area (Å²) in [5.74, 6) is 0. The third kappa shape index (κ3) is 7.05. The fraction of sp³-hybridized carbons (Fsp3) is 1.00. The summed E-state index contributed by atoms with van der Waals surface area (Å²) in [6.45, 7) is 6.31. The molecule has 0 bridgehead atoms. The summed E-state index contributed by atoms with van der Waals surface area (Å²) < 4.78 is 5.41. The molecular weight excluding hydrogens is 212 g/mol. The molecule has 2 nitrogen and oxygen atoms in total. The number of methoxy groups -OCH3 is 1. The molecule has 0 saturated carbocycles. The first kappa shape index (κ1) is 16.9. The highest BCUT2D eigenvalue weighted by Crippen LogP contribution is 2.23. The van der Waals surface area contributed by atoms with Crippen LogP contribution in [0.1, 0.15) is 78.6 Å². The van der Waals surface area contributed by atoms with Gasteiger partial charge in [0, 0.05) is 7.11 Å². The number of hydrogen-bond acceptors (Lipinski definition) is 2. The molecule has 104 valence electrons. The van der Waals surface area contributed by atoms with Crippen LogP contribution in [-0.2, 0) is 4.74 Å². The van der Waals surface area contributed by atoms with Gasteiger partial charge in [-0.15, -0.1) is 0 Å². The Morgan fingerprint density at radius 2 is 1.53 bits per heavy atom. The number of hydrogen-bond donors (Lipinski definition) is 1. The van der Waals surface area contributed by atoms with Crippen molar-refractivity contribution in [3.05, 3.63) is 0 Å². The Kier molecular flexibility index (Phi) is 9.85. The summed E-state index contributed by atoms with van der Waals surface area (Å²) in [7, 11) is 1.69. The molecule has 0 aliphatic carbocycles. The summed E-state index contributed by atoms with van der Waals surface area (Å²) in [6, 6.07) is 0. The average Bonchev–Trinajstić information content (AvgIpc) is 2.36. The molecule has 2 unspecified atom stereocenters. The molecule has 2 atom stereocenters. The third-order valence-electron chi connectivity index (χ3n) is 3.95. The summed E-state index contributed by atoms with van der Waals surface area (Å²) in [5, 5.41) is 10.1. The summed E-state index contributed by atoms with van der Waals surface area (Å²) in [6.07, 6.45) is 10.4. The first-order valence-corrected chi connectivity index (χ1v) is 7.34. The fourth-order valence-corrected chi connectivity index (χ4v) is 2.12. The van der Waals surface area contributed by atoms with Gasteiger partial charge in [0.15, 0.2) is 0 Å². The van der Waals surface area contributed by atoms with Gasteiger partial charge in [0.1, 0.15) is 0 Å². The molecule has 0 aromatic carbocycles. The van der Waals surface area contributed by atoms with Gasteiger partial charge in [-0.05, 0) is 19.8 Å². The Morgan fingerprint density at radius 1 is 1.00 bits per heavy atom. The van der Waals surface area contributed by atoms with Crippen molar-refractivity contribution in [2.24, 2.45) is 0 Å². The maximum absolute atomic E-state index is 10.1. The van der Waals surface area contributed by atoms with Gasteiger partial charge in [0.25, 0.3) is 0 Å². The molecule has 0 spiro atoms. The van der Waals surface area contributed by atoms with Crippen LogP contribution in [0.15, 0.2) is 0 Å². The number of aliphatic hydroxyl groups is 1. The second kappa shape index (κ2) is 9.90. The smallest absolute Gasteiger partial charge is 0.0905 e. The van der Waals surface area contributed by atoms with Crippen molar-refractivity contribution in [1.29, 1.82) is 0 Å². The first-order chi connectivity index (χ1) is 8.10. The van der Waals surface area contributed by atoms with Crippen LogP contribution in [0.3, 0.4) is 0 Å².